The SMILES string of the molecule is CC(Sc1cccc(NC(=O)/C(=C/c2cccc(Cl)c2)NC(=O)c2ccccc2)c1)C(=O)Nc1ccc(Br)cc1F. The number of anilines is 2. The lowest BCUT2D eigenvalue weighted by Crippen LogP contribution is -2.30. The van der Waals surface area contributed by atoms with Crippen LogP contribution in [0.2, 0.25) is 5.02 Å². The Bertz CT molecular complexity index is 1620. The number of carbonyl (C=O) groups excluding carboxylic acids is 3. The lowest BCUT2D eigenvalue weighted by Gasteiger charge is -2.14. The molecular weight excluding hydrogens is 629 g/mol. The van der Waals surface area contributed by atoms with Crippen LogP contribution in [-0.4, -0.2) is 23.0 Å². The first kappa shape index (κ1) is 30.0. The van der Waals surface area contributed by atoms with E-state index in [4.69, 9.17) is 11.6 Å². The van der Waals surface area contributed by atoms with E-state index in [-0.39, 0.29) is 17.3 Å². The van der Waals surface area contributed by atoms with Crippen molar-refractivity contribution in [3.63, 3.8) is 0 Å². The highest BCUT2D eigenvalue weighted by Crippen LogP contribution is 2.28. The van der Waals surface area contributed by atoms with Crippen LogP contribution in [0.25, 0.3) is 6.08 Å². The highest BCUT2D eigenvalue weighted by molar-refractivity contribution is 9.10. The van der Waals surface area contributed by atoms with Gasteiger partial charge in [0.25, 0.3) is 11.8 Å². The molecule has 0 aliphatic rings. The van der Waals surface area contributed by atoms with Crippen molar-refractivity contribution in [3.05, 3.63) is 129 Å². The molecule has 0 saturated heterocycles. The van der Waals surface area contributed by atoms with Crippen molar-refractivity contribution in [3.8, 4) is 0 Å². The summed E-state index contributed by atoms with van der Waals surface area (Å²) in [6, 6.07) is 26.8. The summed E-state index contributed by atoms with van der Waals surface area (Å²) >= 11 is 10.6. The summed E-state index contributed by atoms with van der Waals surface area (Å²) in [6.07, 6.45) is 1.54. The quantitative estimate of drug-likeness (QED) is 0.127. The normalized spacial score (nSPS) is 11.9. The van der Waals surface area contributed by atoms with Crippen molar-refractivity contribution < 1.29 is 18.8 Å². The van der Waals surface area contributed by atoms with Gasteiger partial charge in [0, 0.05) is 25.6 Å². The number of benzene rings is 4. The molecule has 4 aromatic carbocycles. The fourth-order valence-corrected chi connectivity index (χ4v) is 5.09. The number of hydrogen-bond donors (Lipinski definition) is 3. The van der Waals surface area contributed by atoms with Crippen LogP contribution in [0.4, 0.5) is 15.8 Å². The van der Waals surface area contributed by atoms with E-state index >= 15 is 0 Å². The molecule has 41 heavy (non-hydrogen) atoms. The topological polar surface area (TPSA) is 87.3 Å². The minimum atomic E-state index is -0.563. The molecule has 4 rings (SSSR count). The molecule has 208 valence electrons. The second-order valence-corrected chi connectivity index (χ2v) is 11.6. The van der Waals surface area contributed by atoms with E-state index in [0.29, 0.717) is 31.2 Å². The summed E-state index contributed by atoms with van der Waals surface area (Å²) in [5, 5.41) is 8.01. The fraction of sp³-hybridized carbons (Fsp3) is 0.0645. The zero-order valence-electron chi connectivity index (χ0n) is 21.7. The van der Waals surface area contributed by atoms with E-state index in [1.807, 2.05) is 0 Å². The molecule has 0 aliphatic carbocycles. The Morgan fingerprint density at radius 1 is 0.902 bits per heavy atom. The maximum absolute atomic E-state index is 14.1. The van der Waals surface area contributed by atoms with E-state index in [9.17, 15) is 18.8 Å². The van der Waals surface area contributed by atoms with Gasteiger partial charge >= 0.3 is 0 Å². The second-order valence-electron chi connectivity index (χ2n) is 8.79. The van der Waals surface area contributed by atoms with Gasteiger partial charge in [-0.25, -0.2) is 4.39 Å². The minimum absolute atomic E-state index is 0.0171. The third kappa shape index (κ3) is 8.78. The average Bonchev–Trinajstić information content (AvgIpc) is 2.94. The monoisotopic (exact) mass is 651 g/mol. The molecule has 0 aliphatic heterocycles. The van der Waals surface area contributed by atoms with Crippen LogP contribution in [0.3, 0.4) is 0 Å². The Morgan fingerprint density at radius 2 is 1.66 bits per heavy atom. The van der Waals surface area contributed by atoms with E-state index in [1.165, 1.54) is 30.0 Å². The Balaban J connectivity index is 1.48. The molecule has 6 nitrogen and oxygen atoms in total. The van der Waals surface area contributed by atoms with Gasteiger partial charge in [0.1, 0.15) is 11.5 Å². The molecule has 3 amide bonds. The molecule has 4 aromatic rings. The van der Waals surface area contributed by atoms with Crippen molar-refractivity contribution in [2.45, 2.75) is 17.1 Å². The van der Waals surface area contributed by atoms with Crippen molar-refractivity contribution in [2.24, 2.45) is 0 Å². The van der Waals surface area contributed by atoms with Crippen LogP contribution >= 0.6 is 39.3 Å². The Hall–Kier alpha value is -3.92. The summed E-state index contributed by atoms with van der Waals surface area (Å²) < 4.78 is 14.7. The van der Waals surface area contributed by atoms with Gasteiger partial charge in [0.05, 0.1) is 10.9 Å². The van der Waals surface area contributed by atoms with Gasteiger partial charge in [-0.1, -0.05) is 63.9 Å². The van der Waals surface area contributed by atoms with Crippen LogP contribution in [0.5, 0.6) is 0 Å². The summed E-state index contributed by atoms with van der Waals surface area (Å²) in [7, 11) is 0. The maximum atomic E-state index is 14.1. The summed E-state index contributed by atoms with van der Waals surface area (Å²) in [6.45, 7) is 1.70. The Kier molecular flexibility index (Phi) is 10.3. The van der Waals surface area contributed by atoms with E-state index in [2.05, 4.69) is 31.9 Å². The molecule has 0 spiro atoms. The van der Waals surface area contributed by atoms with Crippen LogP contribution in [-0.2, 0) is 9.59 Å². The zero-order valence-corrected chi connectivity index (χ0v) is 24.8. The summed E-state index contributed by atoms with van der Waals surface area (Å²) in [5.41, 5.74) is 1.58. The number of thioether (sulfide) groups is 1. The number of amides is 3. The molecule has 0 saturated carbocycles. The number of carbonyl (C=O) groups is 3. The third-order valence-electron chi connectivity index (χ3n) is 5.65. The number of halogens is 3. The lowest BCUT2D eigenvalue weighted by molar-refractivity contribution is -0.115. The molecule has 0 heterocycles. The van der Waals surface area contributed by atoms with Crippen molar-refractivity contribution >= 4 is 74.5 Å². The van der Waals surface area contributed by atoms with Crippen LogP contribution < -0.4 is 16.0 Å². The van der Waals surface area contributed by atoms with Crippen LogP contribution in [0.15, 0.2) is 112 Å². The van der Waals surface area contributed by atoms with Gasteiger partial charge in [-0.3, -0.25) is 14.4 Å². The summed E-state index contributed by atoms with van der Waals surface area (Å²) in [4.78, 5) is 39.6. The number of rotatable bonds is 9. The van der Waals surface area contributed by atoms with Crippen LogP contribution in [0.1, 0.15) is 22.8 Å². The molecule has 10 heteroatoms. The average molecular weight is 653 g/mol. The largest absolute Gasteiger partial charge is 0.323 e. The van der Waals surface area contributed by atoms with E-state index in [0.717, 1.165) is 0 Å². The van der Waals surface area contributed by atoms with Gasteiger partial charge in [-0.2, -0.15) is 0 Å². The molecule has 0 bridgehead atoms. The van der Waals surface area contributed by atoms with Gasteiger partial charge in [0.15, 0.2) is 0 Å². The zero-order chi connectivity index (χ0) is 29.4. The predicted molar refractivity (Wildman–Crippen MR) is 166 cm³/mol. The van der Waals surface area contributed by atoms with E-state index < -0.39 is 22.9 Å². The molecule has 0 fully saturated rings. The van der Waals surface area contributed by atoms with Crippen molar-refractivity contribution in [1.29, 1.82) is 0 Å². The first-order chi connectivity index (χ1) is 19.7. The van der Waals surface area contributed by atoms with Crippen LogP contribution in [0, 0.1) is 5.82 Å². The number of hydrogen-bond acceptors (Lipinski definition) is 4. The smallest absolute Gasteiger partial charge is 0.272 e. The van der Waals surface area contributed by atoms with E-state index in [1.54, 1.807) is 91.9 Å². The maximum Gasteiger partial charge on any atom is 0.272 e. The highest BCUT2D eigenvalue weighted by atomic mass is 79.9. The highest BCUT2D eigenvalue weighted by Gasteiger charge is 2.18. The molecule has 3 N–H and O–H groups in total. The molecule has 0 radical (unpaired) electrons. The molecular formula is C31H24BrClFN3O3S. The Morgan fingerprint density at radius 3 is 2.39 bits per heavy atom. The van der Waals surface area contributed by atoms with Gasteiger partial charge in [-0.05, 0) is 79.2 Å². The lowest BCUT2D eigenvalue weighted by atomic mass is 10.1. The molecule has 0 aromatic heterocycles. The molecule has 1 unspecified atom stereocenters. The second kappa shape index (κ2) is 14.1. The predicted octanol–water partition coefficient (Wildman–Crippen LogP) is 7.77. The van der Waals surface area contributed by atoms with Gasteiger partial charge in [0.2, 0.25) is 5.91 Å². The number of nitrogens with one attached hydrogen (secondary N) is 3. The van der Waals surface area contributed by atoms with Crippen molar-refractivity contribution in [2.75, 3.05) is 10.6 Å². The first-order valence-corrected chi connectivity index (χ1v) is 14.4. The standard InChI is InChI=1S/C31H24BrClFN3O3S/c1-19(29(38)36-27-14-13-22(32)17-26(27)34)41-25-12-6-11-24(18-25)35-31(40)28(16-20-7-5-10-23(33)15-20)37-30(39)21-8-3-2-4-9-21/h2-19H,1H3,(H,35,40)(H,36,38)(H,37,39)/b28-16-. The summed E-state index contributed by atoms with van der Waals surface area (Å²) in [5.74, 6) is -1.91. The van der Waals surface area contributed by atoms with Crippen molar-refractivity contribution in [1.82, 2.24) is 5.32 Å². The fourth-order valence-electron chi connectivity index (χ4n) is 3.63. The van der Waals surface area contributed by atoms with Gasteiger partial charge in [-0.15, -0.1) is 11.8 Å². The Labute approximate surface area is 254 Å². The first-order valence-electron chi connectivity index (χ1n) is 12.4. The molecule has 1 atom stereocenters. The van der Waals surface area contributed by atoms with Gasteiger partial charge < -0.3 is 16.0 Å². The third-order valence-corrected chi connectivity index (χ3v) is 7.47. The minimum Gasteiger partial charge on any atom is -0.323 e.